The van der Waals surface area contributed by atoms with Crippen LogP contribution in [0.1, 0.15) is 35.2 Å². The first-order valence-electron chi connectivity index (χ1n) is 10.5. The van der Waals surface area contributed by atoms with Gasteiger partial charge in [0.1, 0.15) is 0 Å². The number of fused-ring (bicyclic) bond motifs is 2. The molecule has 0 radical (unpaired) electrons. The number of nitrogens with zero attached hydrogens (tertiary/aromatic N) is 2. The zero-order chi connectivity index (χ0) is 19.8. The molecule has 3 nitrogen and oxygen atoms in total. The molecule has 0 unspecified atom stereocenters. The van der Waals surface area contributed by atoms with E-state index in [9.17, 15) is 4.79 Å². The number of rotatable bonds is 4. The molecule has 1 fully saturated rings. The molecule has 1 atom stereocenters. The third-order valence-corrected chi connectivity index (χ3v) is 6.40. The molecule has 4 aromatic rings. The van der Waals surface area contributed by atoms with Gasteiger partial charge in [-0.1, -0.05) is 67.1 Å². The molecule has 3 aromatic carbocycles. The summed E-state index contributed by atoms with van der Waals surface area (Å²) in [6.07, 6.45) is 5.87. The molecule has 29 heavy (non-hydrogen) atoms. The second-order valence-corrected chi connectivity index (χ2v) is 8.20. The molecule has 0 bridgehead atoms. The van der Waals surface area contributed by atoms with Gasteiger partial charge in [-0.15, -0.1) is 0 Å². The Morgan fingerprint density at radius 1 is 0.897 bits per heavy atom. The third kappa shape index (κ3) is 3.26. The first-order chi connectivity index (χ1) is 14.2. The SMILES string of the molecule is CN1CCCC[C@@H]1Cn1cc(C(=O)c2cccc3ccccc23)c2ccccc21. The molecule has 1 aliphatic rings. The molecule has 3 heteroatoms. The van der Waals surface area contributed by atoms with Gasteiger partial charge in [0, 0.05) is 40.8 Å². The Morgan fingerprint density at radius 3 is 2.52 bits per heavy atom. The second-order valence-electron chi connectivity index (χ2n) is 8.20. The van der Waals surface area contributed by atoms with Crippen LogP contribution in [0.25, 0.3) is 21.7 Å². The number of likely N-dealkylation sites (tertiary alicyclic amines) is 1. The van der Waals surface area contributed by atoms with Gasteiger partial charge in [0.15, 0.2) is 5.78 Å². The molecule has 5 rings (SSSR count). The molecular weight excluding hydrogens is 356 g/mol. The number of hydrogen-bond acceptors (Lipinski definition) is 2. The van der Waals surface area contributed by atoms with Crippen LogP contribution in [-0.4, -0.2) is 34.9 Å². The lowest BCUT2D eigenvalue weighted by Gasteiger charge is -2.32. The molecular formula is C26H26N2O. The highest BCUT2D eigenvalue weighted by atomic mass is 16.1. The predicted molar refractivity (Wildman–Crippen MR) is 120 cm³/mol. The summed E-state index contributed by atoms with van der Waals surface area (Å²) < 4.78 is 2.29. The molecule has 1 aromatic heterocycles. The van der Waals surface area contributed by atoms with Crippen LogP contribution >= 0.6 is 0 Å². The minimum Gasteiger partial charge on any atom is -0.345 e. The highest BCUT2D eigenvalue weighted by Gasteiger charge is 2.23. The van der Waals surface area contributed by atoms with E-state index in [1.807, 2.05) is 36.4 Å². The van der Waals surface area contributed by atoms with Crippen molar-refractivity contribution in [1.29, 1.82) is 0 Å². The summed E-state index contributed by atoms with van der Waals surface area (Å²) in [6.45, 7) is 2.09. The lowest BCUT2D eigenvalue weighted by molar-refractivity contribution is 0.104. The molecule has 0 saturated carbocycles. The lowest BCUT2D eigenvalue weighted by atomic mass is 9.97. The van der Waals surface area contributed by atoms with E-state index in [-0.39, 0.29) is 5.78 Å². The van der Waals surface area contributed by atoms with Crippen LogP contribution in [0.5, 0.6) is 0 Å². The topological polar surface area (TPSA) is 25.2 Å². The zero-order valence-corrected chi connectivity index (χ0v) is 16.8. The number of ketones is 1. The Kier molecular flexibility index (Phi) is 4.69. The van der Waals surface area contributed by atoms with E-state index in [2.05, 4.69) is 53.0 Å². The predicted octanol–water partition coefficient (Wildman–Crippen LogP) is 5.51. The number of piperidine rings is 1. The number of hydrogen-bond donors (Lipinski definition) is 0. The van der Waals surface area contributed by atoms with Gasteiger partial charge in [-0.3, -0.25) is 4.79 Å². The van der Waals surface area contributed by atoms with Crippen molar-refractivity contribution in [3.05, 3.63) is 84.1 Å². The van der Waals surface area contributed by atoms with Gasteiger partial charge in [-0.25, -0.2) is 0 Å². The lowest BCUT2D eigenvalue weighted by Crippen LogP contribution is -2.39. The third-order valence-electron chi connectivity index (χ3n) is 6.40. The van der Waals surface area contributed by atoms with Gasteiger partial charge in [-0.05, 0) is 43.3 Å². The molecule has 0 N–H and O–H groups in total. The monoisotopic (exact) mass is 382 g/mol. The van der Waals surface area contributed by atoms with Crippen LogP contribution in [0.2, 0.25) is 0 Å². The maximum Gasteiger partial charge on any atom is 0.195 e. The van der Waals surface area contributed by atoms with E-state index >= 15 is 0 Å². The summed E-state index contributed by atoms with van der Waals surface area (Å²) in [5, 5.41) is 3.17. The van der Waals surface area contributed by atoms with Gasteiger partial charge in [0.25, 0.3) is 0 Å². The highest BCUT2D eigenvalue weighted by Crippen LogP contribution is 2.28. The molecule has 1 saturated heterocycles. The Bertz CT molecular complexity index is 1180. The number of likely N-dealkylation sites (N-methyl/N-ethyl adjacent to an activating group) is 1. The molecule has 0 spiro atoms. The van der Waals surface area contributed by atoms with Gasteiger partial charge >= 0.3 is 0 Å². The Hall–Kier alpha value is -2.91. The van der Waals surface area contributed by atoms with Gasteiger partial charge < -0.3 is 9.47 Å². The number of benzene rings is 3. The first-order valence-corrected chi connectivity index (χ1v) is 10.5. The summed E-state index contributed by atoms with van der Waals surface area (Å²) in [5.41, 5.74) is 2.73. The molecule has 0 amide bonds. The molecule has 0 aliphatic carbocycles. The summed E-state index contributed by atoms with van der Waals surface area (Å²) in [4.78, 5) is 16.1. The van der Waals surface area contributed by atoms with Gasteiger partial charge in [0.05, 0.1) is 0 Å². The average Bonchev–Trinajstić information content (AvgIpc) is 3.13. The van der Waals surface area contributed by atoms with E-state index in [1.165, 1.54) is 19.3 Å². The normalized spacial score (nSPS) is 17.8. The molecule has 2 heterocycles. The quantitative estimate of drug-likeness (QED) is 0.435. The van der Waals surface area contributed by atoms with Crippen molar-refractivity contribution in [3.63, 3.8) is 0 Å². The number of para-hydroxylation sites is 1. The van der Waals surface area contributed by atoms with E-state index in [1.54, 1.807) is 0 Å². The van der Waals surface area contributed by atoms with Gasteiger partial charge in [-0.2, -0.15) is 0 Å². The fourth-order valence-electron chi connectivity index (χ4n) is 4.75. The minimum absolute atomic E-state index is 0.105. The van der Waals surface area contributed by atoms with E-state index in [0.717, 1.165) is 45.9 Å². The van der Waals surface area contributed by atoms with Crippen LogP contribution in [0, 0.1) is 0 Å². The van der Waals surface area contributed by atoms with Crippen LogP contribution in [0.4, 0.5) is 0 Å². The van der Waals surface area contributed by atoms with Crippen LogP contribution in [0.15, 0.2) is 72.9 Å². The van der Waals surface area contributed by atoms with Crippen molar-refractivity contribution < 1.29 is 4.79 Å². The summed E-state index contributed by atoms with van der Waals surface area (Å²) >= 11 is 0. The van der Waals surface area contributed by atoms with Crippen molar-refractivity contribution in [1.82, 2.24) is 9.47 Å². The van der Waals surface area contributed by atoms with Gasteiger partial charge in [0.2, 0.25) is 0 Å². The Balaban J connectivity index is 1.59. The largest absolute Gasteiger partial charge is 0.345 e. The van der Waals surface area contributed by atoms with Crippen LogP contribution < -0.4 is 0 Å². The van der Waals surface area contributed by atoms with Crippen LogP contribution in [-0.2, 0) is 6.54 Å². The number of aromatic nitrogens is 1. The van der Waals surface area contributed by atoms with Crippen molar-refractivity contribution >= 4 is 27.5 Å². The maximum absolute atomic E-state index is 13.6. The van der Waals surface area contributed by atoms with Crippen molar-refractivity contribution in [2.45, 2.75) is 31.8 Å². The second kappa shape index (κ2) is 7.49. The fourth-order valence-corrected chi connectivity index (χ4v) is 4.75. The van der Waals surface area contributed by atoms with E-state index in [0.29, 0.717) is 6.04 Å². The molecule has 146 valence electrons. The van der Waals surface area contributed by atoms with E-state index in [4.69, 9.17) is 0 Å². The first kappa shape index (κ1) is 18.1. The summed E-state index contributed by atoms with van der Waals surface area (Å²) in [7, 11) is 2.22. The van der Waals surface area contributed by atoms with Crippen LogP contribution in [0.3, 0.4) is 0 Å². The highest BCUT2D eigenvalue weighted by molar-refractivity contribution is 6.21. The summed E-state index contributed by atoms with van der Waals surface area (Å²) in [6, 6.07) is 22.9. The fraction of sp³-hybridized carbons (Fsp3) is 0.269. The molecule has 1 aliphatic heterocycles. The number of carbonyl (C=O) groups excluding carboxylic acids is 1. The Morgan fingerprint density at radius 2 is 1.66 bits per heavy atom. The zero-order valence-electron chi connectivity index (χ0n) is 16.8. The van der Waals surface area contributed by atoms with E-state index < -0.39 is 0 Å². The summed E-state index contributed by atoms with van der Waals surface area (Å²) in [5.74, 6) is 0.105. The average molecular weight is 383 g/mol. The minimum atomic E-state index is 0.105. The smallest absolute Gasteiger partial charge is 0.195 e. The number of carbonyl (C=O) groups is 1. The Labute approximate surface area is 171 Å². The van der Waals surface area contributed by atoms with Crippen molar-refractivity contribution in [2.75, 3.05) is 13.6 Å². The van der Waals surface area contributed by atoms with Crippen molar-refractivity contribution in [2.24, 2.45) is 0 Å². The standard InChI is InChI=1S/C26H26N2O/c1-27-16-7-6-11-20(27)17-28-18-24(22-13-4-5-15-25(22)28)26(29)23-14-8-10-19-9-2-3-12-21(19)23/h2-5,8-10,12-15,18,20H,6-7,11,16-17H2,1H3/t20-/m1/s1. The van der Waals surface area contributed by atoms with Crippen molar-refractivity contribution in [3.8, 4) is 0 Å². The maximum atomic E-state index is 13.6.